The van der Waals surface area contributed by atoms with E-state index >= 15 is 0 Å². The molecule has 0 unspecified atom stereocenters. The second-order valence-corrected chi connectivity index (χ2v) is 12.6. The first-order chi connectivity index (χ1) is 11.6. The van der Waals surface area contributed by atoms with Crippen LogP contribution >= 0.6 is 0 Å². The molecule has 0 heterocycles. The molecule has 0 rings (SSSR count). The van der Waals surface area contributed by atoms with Crippen molar-refractivity contribution in [1.82, 2.24) is 0 Å². The van der Waals surface area contributed by atoms with Crippen LogP contribution in [0.5, 0.6) is 0 Å². The third-order valence-corrected chi connectivity index (χ3v) is 10.7. The van der Waals surface area contributed by atoms with E-state index in [0.29, 0.717) is 0 Å². The van der Waals surface area contributed by atoms with Gasteiger partial charge in [0.2, 0.25) is 0 Å². The lowest BCUT2D eigenvalue weighted by Gasteiger charge is -2.26. The average Bonchev–Trinajstić information content (AvgIpc) is 2.62. The minimum Gasteiger partial charge on any atom is -0.395 e. The monoisotopic (exact) mass is 374 g/mol. The lowest BCUT2D eigenvalue weighted by Crippen LogP contribution is -2.39. The molecule has 0 spiro atoms. The first-order valence-corrected chi connectivity index (χ1v) is 13.3. The van der Waals surface area contributed by atoms with E-state index in [0.717, 1.165) is 50.6 Å². The second-order valence-electron chi connectivity index (χ2n) is 6.03. The highest BCUT2D eigenvalue weighted by Gasteiger charge is 2.34. The summed E-state index contributed by atoms with van der Waals surface area (Å²) in [5.74, 6) is 0. The maximum Gasteiger partial charge on any atom is 0.364 e. The standard InChI is InChI=1S/C18H38O4Si2/c1-7-9-11-15-23(19-3,20-4)17-13-14-18-24(21-5,22-6)16-12-10-8-2/h11-12,15-16H,7-10,13-14,17-18H2,1-6H3. The molecule has 4 nitrogen and oxygen atoms in total. The molecule has 142 valence electrons. The van der Waals surface area contributed by atoms with Crippen LogP contribution in [0.25, 0.3) is 0 Å². The van der Waals surface area contributed by atoms with Crippen molar-refractivity contribution in [3.63, 3.8) is 0 Å². The summed E-state index contributed by atoms with van der Waals surface area (Å²) in [7, 11) is 2.68. The van der Waals surface area contributed by atoms with Gasteiger partial charge >= 0.3 is 17.1 Å². The van der Waals surface area contributed by atoms with E-state index in [2.05, 4.69) is 37.4 Å². The lowest BCUT2D eigenvalue weighted by molar-refractivity contribution is 0.249. The van der Waals surface area contributed by atoms with Crippen LogP contribution in [0.15, 0.2) is 23.6 Å². The predicted octanol–water partition coefficient (Wildman–Crippen LogP) is 5.03. The van der Waals surface area contributed by atoms with Crippen molar-refractivity contribution in [2.45, 2.75) is 64.5 Å². The van der Waals surface area contributed by atoms with Crippen LogP contribution in [-0.2, 0) is 17.7 Å². The van der Waals surface area contributed by atoms with Gasteiger partial charge in [0, 0.05) is 28.4 Å². The van der Waals surface area contributed by atoms with Gasteiger partial charge in [0.05, 0.1) is 0 Å². The van der Waals surface area contributed by atoms with E-state index in [9.17, 15) is 0 Å². The SMILES string of the molecule is CCCC=C[Si](CCCC[Si](C=CCCC)(OC)OC)(OC)OC. The van der Waals surface area contributed by atoms with Gasteiger partial charge in [-0.1, -0.05) is 51.7 Å². The molecule has 0 aromatic rings. The van der Waals surface area contributed by atoms with Gasteiger partial charge in [-0.15, -0.1) is 0 Å². The summed E-state index contributed by atoms with van der Waals surface area (Å²) in [6.45, 7) is 4.36. The highest BCUT2D eigenvalue weighted by Crippen LogP contribution is 2.23. The Bertz CT molecular complexity index is 317. The third-order valence-electron chi connectivity index (χ3n) is 4.34. The van der Waals surface area contributed by atoms with Gasteiger partial charge in [-0.25, -0.2) is 0 Å². The van der Waals surface area contributed by atoms with Gasteiger partial charge in [0.15, 0.2) is 0 Å². The van der Waals surface area contributed by atoms with Crippen molar-refractivity contribution in [1.29, 1.82) is 0 Å². The quantitative estimate of drug-likeness (QED) is 0.298. The Hall–Kier alpha value is -0.246. The minimum atomic E-state index is -2.19. The summed E-state index contributed by atoms with van der Waals surface area (Å²) in [5.41, 5.74) is 4.38. The van der Waals surface area contributed by atoms with Gasteiger partial charge in [-0.05, 0) is 36.3 Å². The fourth-order valence-electron chi connectivity index (χ4n) is 2.62. The smallest absolute Gasteiger partial charge is 0.364 e. The van der Waals surface area contributed by atoms with Crippen LogP contribution < -0.4 is 0 Å². The van der Waals surface area contributed by atoms with Crippen LogP contribution in [0.2, 0.25) is 12.1 Å². The fraction of sp³-hybridized carbons (Fsp3) is 0.778. The summed E-state index contributed by atoms with van der Waals surface area (Å²) >= 11 is 0. The molecule has 0 fully saturated rings. The van der Waals surface area contributed by atoms with Crippen molar-refractivity contribution in [2.24, 2.45) is 0 Å². The Morgan fingerprint density at radius 2 is 0.958 bits per heavy atom. The van der Waals surface area contributed by atoms with E-state index in [4.69, 9.17) is 17.7 Å². The van der Waals surface area contributed by atoms with Crippen molar-refractivity contribution < 1.29 is 17.7 Å². The van der Waals surface area contributed by atoms with Gasteiger partial charge < -0.3 is 17.7 Å². The highest BCUT2D eigenvalue weighted by atomic mass is 28.4. The highest BCUT2D eigenvalue weighted by molar-refractivity contribution is 6.73. The molecule has 0 aliphatic rings. The van der Waals surface area contributed by atoms with Gasteiger partial charge in [0.1, 0.15) is 0 Å². The summed E-state index contributed by atoms with van der Waals surface area (Å²) < 4.78 is 23.1. The van der Waals surface area contributed by atoms with E-state index in [-0.39, 0.29) is 0 Å². The largest absolute Gasteiger partial charge is 0.395 e. The molecular weight excluding hydrogens is 336 g/mol. The van der Waals surface area contributed by atoms with Gasteiger partial charge in [-0.2, -0.15) is 0 Å². The van der Waals surface area contributed by atoms with Crippen LogP contribution in [0, 0.1) is 0 Å². The molecule has 0 saturated heterocycles. The zero-order valence-corrected chi connectivity index (χ0v) is 18.6. The zero-order chi connectivity index (χ0) is 18.3. The van der Waals surface area contributed by atoms with Crippen molar-refractivity contribution in [3.05, 3.63) is 23.6 Å². The summed E-state index contributed by atoms with van der Waals surface area (Å²) in [6, 6.07) is 1.94. The molecular formula is C18H38O4Si2. The molecule has 0 aliphatic carbocycles. The molecule has 0 bridgehead atoms. The second kappa shape index (κ2) is 14.0. The van der Waals surface area contributed by atoms with E-state index in [1.165, 1.54) is 0 Å². The van der Waals surface area contributed by atoms with E-state index in [1.807, 2.05) is 0 Å². The Morgan fingerprint density at radius 1 is 0.625 bits per heavy atom. The first kappa shape index (κ1) is 23.8. The van der Waals surface area contributed by atoms with Crippen molar-refractivity contribution in [2.75, 3.05) is 28.4 Å². The van der Waals surface area contributed by atoms with Gasteiger partial charge in [-0.3, -0.25) is 0 Å². The van der Waals surface area contributed by atoms with Gasteiger partial charge in [0.25, 0.3) is 0 Å². The van der Waals surface area contributed by atoms with E-state index < -0.39 is 17.1 Å². The maximum absolute atomic E-state index is 5.76. The number of unbranched alkanes of at least 4 members (excludes halogenated alkanes) is 3. The average molecular weight is 375 g/mol. The van der Waals surface area contributed by atoms with E-state index in [1.54, 1.807) is 28.4 Å². The topological polar surface area (TPSA) is 36.9 Å². The molecule has 24 heavy (non-hydrogen) atoms. The molecule has 0 radical (unpaired) electrons. The molecule has 0 amide bonds. The molecule has 0 saturated carbocycles. The Kier molecular flexibility index (Phi) is 13.8. The lowest BCUT2D eigenvalue weighted by atomic mass is 10.3. The van der Waals surface area contributed by atoms with Crippen molar-refractivity contribution in [3.8, 4) is 0 Å². The Labute approximate surface area is 151 Å². The molecule has 0 N–H and O–H groups in total. The number of allylic oxidation sites excluding steroid dienone is 2. The maximum atomic E-state index is 5.76. The predicted molar refractivity (Wildman–Crippen MR) is 106 cm³/mol. The summed E-state index contributed by atoms with van der Waals surface area (Å²) in [6.07, 6.45) is 11.0. The molecule has 0 aliphatic heterocycles. The normalized spacial score (nSPS) is 13.4. The minimum absolute atomic E-state index is 0.969. The Balaban J connectivity index is 4.57. The Morgan fingerprint density at radius 3 is 1.21 bits per heavy atom. The summed E-state index contributed by atoms with van der Waals surface area (Å²) in [5, 5.41) is 0. The number of hydrogen-bond acceptors (Lipinski definition) is 4. The number of hydrogen-bond donors (Lipinski definition) is 0. The van der Waals surface area contributed by atoms with Crippen LogP contribution in [0.1, 0.15) is 52.4 Å². The number of rotatable bonds is 15. The first-order valence-electron chi connectivity index (χ1n) is 9.13. The van der Waals surface area contributed by atoms with Crippen LogP contribution in [0.3, 0.4) is 0 Å². The molecule has 0 aromatic carbocycles. The summed E-state index contributed by atoms with van der Waals surface area (Å²) in [4.78, 5) is 0. The van der Waals surface area contributed by atoms with Crippen LogP contribution in [-0.4, -0.2) is 45.6 Å². The van der Waals surface area contributed by atoms with Crippen molar-refractivity contribution >= 4 is 17.1 Å². The van der Waals surface area contributed by atoms with Crippen LogP contribution in [0.4, 0.5) is 0 Å². The molecule has 0 atom stereocenters. The molecule has 6 heteroatoms. The third kappa shape index (κ3) is 8.73. The zero-order valence-electron chi connectivity index (χ0n) is 16.6. The fourth-order valence-corrected chi connectivity index (χ4v) is 7.18. The molecule has 0 aromatic heterocycles.